The summed E-state index contributed by atoms with van der Waals surface area (Å²) in [6.07, 6.45) is 4.07. The van der Waals surface area contributed by atoms with Crippen molar-refractivity contribution in [1.82, 2.24) is 10.2 Å². The lowest BCUT2D eigenvalue weighted by molar-refractivity contribution is -0.117. The third-order valence-corrected chi connectivity index (χ3v) is 6.71. The summed E-state index contributed by atoms with van der Waals surface area (Å²) in [5, 5.41) is 3.01. The van der Waals surface area contributed by atoms with Gasteiger partial charge in [0.1, 0.15) is 0 Å². The molecule has 0 atom stereocenters. The van der Waals surface area contributed by atoms with Gasteiger partial charge in [-0.2, -0.15) is 0 Å². The number of para-hydroxylation sites is 2. The number of nitrogens with one attached hydrogen (secondary N) is 1. The second-order valence-corrected chi connectivity index (χ2v) is 9.62. The van der Waals surface area contributed by atoms with Crippen LogP contribution in [0, 0.1) is 6.92 Å². The average molecular weight is 512 g/mol. The van der Waals surface area contributed by atoms with E-state index in [9.17, 15) is 9.59 Å². The number of benzene rings is 3. The third-order valence-electron chi connectivity index (χ3n) is 6.71. The van der Waals surface area contributed by atoms with Crippen molar-refractivity contribution in [2.45, 2.75) is 40.2 Å². The summed E-state index contributed by atoms with van der Waals surface area (Å²) in [5.41, 5.74) is 4.33. The molecule has 0 fully saturated rings. The number of rotatable bonds is 11. The number of fused-ring (bicyclic) bond motifs is 1. The Bertz CT molecular complexity index is 1280. The lowest BCUT2D eigenvalue weighted by Gasteiger charge is -2.30. The van der Waals surface area contributed by atoms with Gasteiger partial charge in [0.25, 0.3) is 11.8 Å². The predicted molar refractivity (Wildman–Crippen MR) is 153 cm³/mol. The van der Waals surface area contributed by atoms with Crippen LogP contribution in [0.15, 0.2) is 78.6 Å². The van der Waals surface area contributed by atoms with Crippen LogP contribution in [0.25, 0.3) is 6.08 Å². The highest BCUT2D eigenvalue weighted by Crippen LogP contribution is 2.36. The summed E-state index contributed by atoms with van der Waals surface area (Å²) in [4.78, 5) is 30.2. The van der Waals surface area contributed by atoms with Crippen LogP contribution in [0.4, 0.5) is 5.69 Å². The topological polar surface area (TPSA) is 61.9 Å². The fraction of sp³-hybridized carbons (Fsp3) is 0.312. The first-order valence-electron chi connectivity index (χ1n) is 13.4. The van der Waals surface area contributed by atoms with E-state index in [0.717, 1.165) is 42.0 Å². The molecule has 0 radical (unpaired) electrons. The van der Waals surface area contributed by atoms with Gasteiger partial charge in [0.05, 0.1) is 12.2 Å². The molecule has 0 saturated heterocycles. The van der Waals surface area contributed by atoms with Crippen LogP contribution < -0.4 is 15.0 Å². The van der Waals surface area contributed by atoms with Gasteiger partial charge >= 0.3 is 0 Å². The van der Waals surface area contributed by atoms with Gasteiger partial charge < -0.3 is 15.0 Å². The van der Waals surface area contributed by atoms with E-state index in [4.69, 9.17) is 4.74 Å². The van der Waals surface area contributed by atoms with Gasteiger partial charge in [-0.15, -0.1) is 0 Å². The molecular formula is C32H37N3O3. The monoisotopic (exact) mass is 511 g/mol. The number of anilines is 1. The number of carbonyl (C=O) groups excluding carboxylic acids is 2. The van der Waals surface area contributed by atoms with E-state index >= 15 is 0 Å². The number of aryl methyl sites for hydroxylation is 1. The molecule has 0 aliphatic carbocycles. The molecule has 2 amide bonds. The number of unbranched alkanes of at least 4 members (excludes halogenated alkanes) is 1. The van der Waals surface area contributed by atoms with Crippen molar-refractivity contribution in [3.8, 4) is 5.75 Å². The van der Waals surface area contributed by atoms with E-state index in [-0.39, 0.29) is 17.6 Å². The van der Waals surface area contributed by atoms with Crippen LogP contribution in [-0.2, 0) is 11.3 Å². The Morgan fingerprint density at radius 3 is 2.53 bits per heavy atom. The standard InChI is InChI=1S/C32H37N3O3/c1-4-6-19-34(5-2)20-18-33-31(36)27-16-14-25(15-17-27)22-30-32(37)35(23-26-11-9-10-24(3)21-26)28-12-7-8-13-29(28)38-30/h7-17,21-22H,4-6,18-20,23H2,1-3H3,(H,33,36)/b30-22+. The summed E-state index contributed by atoms with van der Waals surface area (Å²) in [7, 11) is 0. The minimum atomic E-state index is -0.199. The SMILES string of the molecule is CCCCN(CC)CCNC(=O)c1ccc(/C=C2/Oc3ccccc3N(Cc3cccc(C)c3)C2=O)cc1. The second-order valence-electron chi connectivity index (χ2n) is 9.62. The lowest BCUT2D eigenvalue weighted by Crippen LogP contribution is -2.36. The zero-order chi connectivity index (χ0) is 26.9. The first-order chi connectivity index (χ1) is 18.5. The number of likely N-dealkylation sites (N-methyl/N-ethyl adjacent to an activating group) is 1. The molecule has 1 aliphatic heterocycles. The smallest absolute Gasteiger partial charge is 0.294 e. The van der Waals surface area contributed by atoms with Gasteiger partial charge in [-0.25, -0.2) is 0 Å². The Morgan fingerprint density at radius 1 is 1.00 bits per heavy atom. The number of carbonyl (C=O) groups is 2. The van der Waals surface area contributed by atoms with E-state index in [1.807, 2.05) is 61.5 Å². The molecule has 1 aliphatic rings. The largest absolute Gasteiger partial charge is 0.449 e. The van der Waals surface area contributed by atoms with Crippen molar-refractivity contribution < 1.29 is 14.3 Å². The fourth-order valence-corrected chi connectivity index (χ4v) is 4.53. The summed E-state index contributed by atoms with van der Waals surface area (Å²) in [6, 6.07) is 23.0. The quantitative estimate of drug-likeness (QED) is 0.330. The van der Waals surface area contributed by atoms with Crippen molar-refractivity contribution in [1.29, 1.82) is 0 Å². The van der Waals surface area contributed by atoms with Crippen molar-refractivity contribution in [3.05, 3.63) is 101 Å². The number of amides is 2. The molecule has 3 aromatic carbocycles. The maximum absolute atomic E-state index is 13.5. The highest BCUT2D eigenvalue weighted by atomic mass is 16.5. The maximum Gasteiger partial charge on any atom is 0.294 e. The van der Waals surface area contributed by atoms with Crippen molar-refractivity contribution in [2.24, 2.45) is 0 Å². The van der Waals surface area contributed by atoms with Crippen LogP contribution in [0.2, 0.25) is 0 Å². The normalized spacial score (nSPS) is 13.9. The molecule has 0 spiro atoms. The second kappa shape index (κ2) is 13.1. The Kier molecular flexibility index (Phi) is 9.33. The van der Waals surface area contributed by atoms with Crippen molar-refractivity contribution in [3.63, 3.8) is 0 Å². The minimum absolute atomic E-state index is 0.0982. The Morgan fingerprint density at radius 2 is 1.79 bits per heavy atom. The molecule has 0 unspecified atom stereocenters. The van der Waals surface area contributed by atoms with Gasteiger partial charge in [0, 0.05) is 18.7 Å². The van der Waals surface area contributed by atoms with E-state index in [1.165, 1.54) is 12.8 Å². The molecule has 198 valence electrons. The van der Waals surface area contributed by atoms with Crippen LogP contribution in [0.5, 0.6) is 5.75 Å². The first kappa shape index (κ1) is 27.1. The molecule has 6 heteroatoms. The Balaban J connectivity index is 1.45. The minimum Gasteiger partial charge on any atom is -0.449 e. The molecule has 1 N–H and O–H groups in total. The van der Waals surface area contributed by atoms with E-state index < -0.39 is 0 Å². The van der Waals surface area contributed by atoms with Crippen molar-refractivity contribution >= 4 is 23.6 Å². The number of hydrogen-bond donors (Lipinski definition) is 1. The number of ether oxygens (including phenoxy) is 1. The molecule has 6 nitrogen and oxygen atoms in total. The van der Waals surface area contributed by atoms with Crippen LogP contribution >= 0.6 is 0 Å². The van der Waals surface area contributed by atoms with Gasteiger partial charge in [-0.1, -0.05) is 74.4 Å². The highest BCUT2D eigenvalue weighted by Gasteiger charge is 2.30. The fourth-order valence-electron chi connectivity index (χ4n) is 4.53. The van der Waals surface area contributed by atoms with Gasteiger partial charge in [-0.3, -0.25) is 14.5 Å². The summed E-state index contributed by atoms with van der Waals surface area (Å²) in [6.45, 7) is 10.3. The highest BCUT2D eigenvalue weighted by molar-refractivity contribution is 6.09. The number of hydrogen-bond acceptors (Lipinski definition) is 4. The van der Waals surface area contributed by atoms with E-state index in [2.05, 4.69) is 30.1 Å². The average Bonchev–Trinajstić information content (AvgIpc) is 2.93. The van der Waals surface area contributed by atoms with E-state index in [1.54, 1.807) is 23.1 Å². The first-order valence-corrected chi connectivity index (χ1v) is 13.4. The Hall–Kier alpha value is -3.90. The van der Waals surface area contributed by atoms with Gasteiger partial charge in [-0.05, 0) is 67.9 Å². The Labute approximate surface area is 225 Å². The van der Waals surface area contributed by atoms with Crippen LogP contribution in [-0.4, -0.2) is 42.9 Å². The molecule has 0 aromatic heterocycles. The zero-order valence-corrected chi connectivity index (χ0v) is 22.6. The zero-order valence-electron chi connectivity index (χ0n) is 22.6. The van der Waals surface area contributed by atoms with Crippen molar-refractivity contribution in [2.75, 3.05) is 31.1 Å². The molecule has 3 aromatic rings. The molecule has 4 rings (SSSR count). The predicted octanol–water partition coefficient (Wildman–Crippen LogP) is 5.81. The summed E-state index contributed by atoms with van der Waals surface area (Å²) in [5.74, 6) is 0.594. The number of nitrogens with zero attached hydrogens (tertiary/aromatic N) is 2. The van der Waals surface area contributed by atoms with Crippen LogP contribution in [0.3, 0.4) is 0 Å². The van der Waals surface area contributed by atoms with Gasteiger partial charge in [0.15, 0.2) is 11.5 Å². The molecular weight excluding hydrogens is 474 g/mol. The molecule has 38 heavy (non-hydrogen) atoms. The maximum atomic E-state index is 13.5. The van der Waals surface area contributed by atoms with Gasteiger partial charge in [0.2, 0.25) is 0 Å². The van der Waals surface area contributed by atoms with E-state index in [0.29, 0.717) is 24.4 Å². The molecule has 0 saturated carbocycles. The van der Waals surface area contributed by atoms with Crippen LogP contribution in [0.1, 0.15) is 53.7 Å². The lowest BCUT2D eigenvalue weighted by atomic mass is 10.1. The molecule has 0 bridgehead atoms. The third kappa shape index (κ3) is 6.90. The molecule has 1 heterocycles. The summed E-state index contributed by atoms with van der Waals surface area (Å²) >= 11 is 0. The summed E-state index contributed by atoms with van der Waals surface area (Å²) < 4.78 is 6.02.